The van der Waals surface area contributed by atoms with Crippen LogP contribution in [0.3, 0.4) is 0 Å². The van der Waals surface area contributed by atoms with Crippen LogP contribution in [0.25, 0.3) is 0 Å². The van der Waals surface area contributed by atoms with E-state index < -0.39 is 0 Å². The molecule has 0 saturated carbocycles. The van der Waals surface area contributed by atoms with Gasteiger partial charge in [-0.15, -0.1) is 11.6 Å². The number of halogens is 2. The predicted molar refractivity (Wildman–Crippen MR) is 83.2 cm³/mol. The van der Waals surface area contributed by atoms with Crippen LogP contribution in [-0.4, -0.2) is 35.5 Å². The SMILES string of the molecule is O=C(CCCl)N1CCSC(c2ccccc2Cl)CC1. The lowest BCUT2D eigenvalue weighted by Crippen LogP contribution is -2.33. The molecule has 0 radical (unpaired) electrons. The quantitative estimate of drug-likeness (QED) is 0.786. The van der Waals surface area contributed by atoms with Gasteiger partial charge in [0.2, 0.25) is 5.91 Å². The van der Waals surface area contributed by atoms with Crippen molar-refractivity contribution in [2.24, 2.45) is 0 Å². The van der Waals surface area contributed by atoms with Crippen molar-refractivity contribution in [3.63, 3.8) is 0 Å². The summed E-state index contributed by atoms with van der Waals surface area (Å²) in [6, 6.07) is 7.97. The van der Waals surface area contributed by atoms with E-state index in [4.69, 9.17) is 23.2 Å². The van der Waals surface area contributed by atoms with Crippen molar-refractivity contribution >= 4 is 40.9 Å². The van der Waals surface area contributed by atoms with Gasteiger partial charge in [0.15, 0.2) is 0 Å². The number of hydrogen-bond acceptors (Lipinski definition) is 2. The first kappa shape index (κ1) is 15.0. The lowest BCUT2D eigenvalue weighted by Gasteiger charge is -2.20. The molecule has 5 heteroatoms. The Labute approximate surface area is 128 Å². The zero-order valence-corrected chi connectivity index (χ0v) is 13.0. The van der Waals surface area contributed by atoms with Crippen molar-refractivity contribution in [2.45, 2.75) is 18.1 Å². The third kappa shape index (κ3) is 4.04. The highest BCUT2D eigenvalue weighted by molar-refractivity contribution is 7.99. The summed E-state index contributed by atoms with van der Waals surface area (Å²) in [4.78, 5) is 13.8. The molecule has 0 N–H and O–H groups in total. The maximum absolute atomic E-state index is 11.9. The number of thioether (sulfide) groups is 1. The molecule has 0 aliphatic carbocycles. The Bertz CT molecular complexity index is 441. The minimum atomic E-state index is 0.162. The second kappa shape index (κ2) is 7.41. The van der Waals surface area contributed by atoms with Crippen LogP contribution in [0.1, 0.15) is 23.7 Å². The summed E-state index contributed by atoms with van der Waals surface area (Å²) in [5, 5.41) is 1.20. The largest absolute Gasteiger partial charge is 0.342 e. The van der Waals surface area contributed by atoms with Crippen LogP contribution in [-0.2, 0) is 4.79 Å². The van der Waals surface area contributed by atoms with E-state index in [9.17, 15) is 4.79 Å². The molecule has 19 heavy (non-hydrogen) atoms. The smallest absolute Gasteiger partial charge is 0.223 e. The molecule has 104 valence electrons. The molecular weight excluding hydrogens is 301 g/mol. The van der Waals surface area contributed by atoms with Gasteiger partial charge in [-0.2, -0.15) is 11.8 Å². The third-order valence-corrected chi connectivity index (χ3v) is 5.10. The van der Waals surface area contributed by atoms with Gasteiger partial charge in [-0.05, 0) is 18.1 Å². The average molecular weight is 318 g/mol. The van der Waals surface area contributed by atoms with E-state index in [0.717, 1.165) is 30.3 Å². The first-order valence-corrected chi connectivity index (χ1v) is 8.38. The van der Waals surface area contributed by atoms with Crippen molar-refractivity contribution in [3.05, 3.63) is 34.9 Å². The number of hydrogen-bond donors (Lipinski definition) is 0. The Morgan fingerprint density at radius 1 is 1.37 bits per heavy atom. The number of amides is 1. The van der Waals surface area contributed by atoms with Gasteiger partial charge in [-0.3, -0.25) is 4.79 Å². The van der Waals surface area contributed by atoms with Gasteiger partial charge >= 0.3 is 0 Å². The minimum absolute atomic E-state index is 0.162. The molecule has 2 nitrogen and oxygen atoms in total. The molecule has 1 amide bonds. The molecule has 1 fully saturated rings. The maximum atomic E-state index is 11.9. The zero-order valence-electron chi connectivity index (χ0n) is 10.6. The summed E-state index contributed by atoms with van der Waals surface area (Å²) in [5.41, 5.74) is 1.18. The summed E-state index contributed by atoms with van der Waals surface area (Å²) >= 11 is 13.8. The number of rotatable bonds is 3. The molecule has 1 aromatic rings. The van der Waals surface area contributed by atoms with Gasteiger partial charge in [0.25, 0.3) is 0 Å². The molecule has 1 heterocycles. The van der Waals surface area contributed by atoms with Crippen molar-refractivity contribution in [2.75, 3.05) is 24.7 Å². The Hall–Kier alpha value is -0.380. The number of carbonyl (C=O) groups excluding carboxylic acids is 1. The van der Waals surface area contributed by atoms with E-state index in [1.165, 1.54) is 5.56 Å². The lowest BCUT2D eigenvalue weighted by atomic mass is 10.1. The molecule has 2 rings (SSSR count). The highest BCUT2D eigenvalue weighted by atomic mass is 35.5. The van der Waals surface area contributed by atoms with Crippen molar-refractivity contribution < 1.29 is 4.79 Å². The molecule has 1 saturated heterocycles. The maximum Gasteiger partial charge on any atom is 0.223 e. The summed E-state index contributed by atoms with van der Waals surface area (Å²) in [6.45, 7) is 1.60. The monoisotopic (exact) mass is 317 g/mol. The molecule has 0 aromatic heterocycles. The van der Waals surface area contributed by atoms with Gasteiger partial charge in [0, 0.05) is 41.4 Å². The Morgan fingerprint density at radius 2 is 2.16 bits per heavy atom. The van der Waals surface area contributed by atoms with Gasteiger partial charge < -0.3 is 4.90 Å². The van der Waals surface area contributed by atoms with Gasteiger partial charge in [0.1, 0.15) is 0 Å². The molecular formula is C14H17Cl2NOS. The highest BCUT2D eigenvalue weighted by Crippen LogP contribution is 2.37. The summed E-state index contributed by atoms with van der Waals surface area (Å²) in [6.07, 6.45) is 1.38. The second-order valence-corrected chi connectivity index (χ2v) is 6.59. The van der Waals surface area contributed by atoms with E-state index in [1.54, 1.807) is 0 Å². The molecule has 1 aliphatic rings. The van der Waals surface area contributed by atoms with Crippen LogP contribution in [0.4, 0.5) is 0 Å². The Kier molecular flexibility index (Phi) is 5.86. The van der Waals surface area contributed by atoms with Crippen LogP contribution in [0.2, 0.25) is 5.02 Å². The predicted octanol–water partition coefficient (Wildman–Crippen LogP) is 3.98. The first-order valence-electron chi connectivity index (χ1n) is 6.42. The molecule has 1 atom stereocenters. The standard InChI is InChI=1S/C14H17Cl2NOS/c15-7-5-14(18)17-8-6-13(19-10-9-17)11-3-1-2-4-12(11)16/h1-4,13H,5-10H2. The van der Waals surface area contributed by atoms with Crippen LogP contribution >= 0.6 is 35.0 Å². The van der Waals surface area contributed by atoms with E-state index in [-0.39, 0.29) is 5.91 Å². The highest BCUT2D eigenvalue weighted by Gasteiger charge is 2.22. The molecule has 1 aromatic carbocycles. The average Bonchev–Trinajstić information content (AvgIpc) is 2.65. The Morgan fingerprint density at radius 3 is 2.89 bits per heavy atom. The third-order valence-electron chi connectivity index (χ3n) is 3.25. The van der Waals surface area contributed by atoms with Crippen LogP contribution in [0.5, 0.6) is 0 Å². The first-order chi connectivity index (χ1) is 9.22. The number of alkyl halides is 1. The molecule has 1 aliphatic heterocycles. The molecule has 0 spiro atoms. The fourth-order valence-electron chi connectivity index (χ4n) is 2.24. The summed E-state index contributed by atoms with van der Waals surface area (Å²) in [5.74, 6) is 1.51. The van der Waals surface area contributed by atoms with Crippen LogP contribution in [0.15, 0.2) is 24.3 Å². The fourth-order valence-corrected chi connectivity index (χ4v) is 4.00. The van der Waals surface area contributed by atoms with E-state index in [2.05, 4.69) is 6.07 Å². The summed E-state index contributed by atoms with van der Waals surface area (Å²) in [7, 11) is 0. The number of carbonyl (C=O) groups is 1. The van der Waals surface area contributed by atoms with E-state index in [0.29, 0.717) is 17.6 Å². The number of nitrogens with zero attached hydrogens (tertiary/aromatic N) is 1. The fraction of sp³-hybridized carbons (Fsp3) is 0.500. The topological polar surface area (TPSA) is 20.3 Å². The van der Waals surface area contributed by atoms with Crippen molar-refractivity contribution in [3.8, 4) is 0 Å². The number of benzene rings is 1. The van der Waals surface area contributed by atoms with Gasteiger partial charge in [0.05, 0.1) is 0 Å². The zero-order chi connectivity index (χ0) is 13.7. The second-order valence-electron chi connectivity index (χ2n) is 4.49. The van der Waals surface area contributed by atoms with Gasteiger partial charge in [-0.25, -0.2) is 0 Å². The normalized spacial score (nSPS) is 20.1. The van der Waals surface area contributed by atoms with E-state index >= 15 is 0 Å². The molecule has 1 unspecified atom stereocenters. The van der Waals surface area contributed by atoms with Crippen LogP contribution in [0, 0.1) is 0 Å². The van der Waals surface area contributed by atoms with Crippen LogP contribution < -0.4 is 0 Å². The molecule has 0 bridgehead atoms. The van der Waals surface area contributed by atoms with E-state index in [1.807, 2.05) is 34.9 Å². The van der Waals surface area contributed by atoms with Crippen molar-refractivity contribution in [1.29, 1.82) is 0 Å². The Balaban J connectivity index is 2.01. The van der Waals surface area contributed by atoms with Gasteiger partial charge in [-0.1, -0.05) is 29.8 Å². The summed E-state index contributed by atoms with van der Waals surface area (Å²) < 4.78 is 0. The van der Waals surface area contributed by atoms with Crippen molar-refractivity contribution in [1.82, 2.24) is 4.90 Å². The lowest BCUT2D eigenvalue weighted by molar-refractivity contribution is -0.130. The minimum Gasteiger partial charge on any atom is -0.342 e.